The van der Waals surface area contributed by atoms with Crippen LogP contribution in [-0.4, -0.2) is 41.9 Å². The number of benzene rings is 2. The molecule has 1 aliphatic heterocycles. The predicted octanol–water partition coefficient (Wildman–Crippen LogP) is 5.08. The van der Waals surface area contributed by atoms with Crippen LogP contribution in [0.15, 0.2) is 60.0 Å². The van der Waals surface area contributed by atoms with Crippen LogP contribution in [0.3, 0.4) is 0 Å². The van der Waals surface area contributed by atoms with Crippen molar-refractivity contribution in [1.82, 2.24) is 9.80 Å². The molecule has 0 unspecified atom stereocenters. The van der Waals surface area contributed by atoms with Gasteiger partial charge in [-0.1, -0.05) is 23.7 Å². The molecule has 0 atom stereocenters. The largest absolute Gasteiger partial charge is 0.489 e. The van der Waals surface area contributed by atoms with Gasteiger partial charge >= 0.3 is 0 Å². The summed E-state index contributed by atoms with van der Waals surface area (Å²) in [5.74, 6) is 0.380. The highest BCUT2D eigenvalue weighted by atomic mass is 35.5. The van der Waals surface area contributed by atoms with E-state index in [4.69, 9.17) is 16.3 Å². The van der Waals surface area contributed by atoms with Crippen LogP contribution < -0.4 is 4.74 Å². The Balaban J connectivity index is 1.27. The summed E-state index contributed by atoms with van der Waals surface area (Å²) in [5, 5.41) is 2.68. The highest BCUT2D eigenvalue weighted by Gasteiger charge is 2.23. The Labute approximate surface area is 184 Å². The van der Waals surface area contributed by atoms with Gasteiger partial charge in [0.05, 0.1) is 4.88 Å². The lowest BCUT2D eigenvalue weighted by atomic mass is 10.2. The van der Waals surface area contributed by atoms with Crippen LogP contribution in [0.25, 0.3) is 0 Å². The van der Waals surface area contributed by atoms with Crippen LogP contribution in [0.2, 0.25) is 5.02 Å². The summed E-state index contributed by atoms with van der Waals surface area (Å²) in [6.07, 6.45) is 0. The Morgan fingerprint density at radius 3 is 2.40 bits per heavy atom. The molecule has 7 heteroatoms. The molecule has 1 aromatic heterocycles. The molecule has 1 fully saturated rings. The molecule has 2 heterocycles. The molecule has 156 valence electrons. The average molecular weight is 445 g/mol. The van der Waals surface area contributed by atoms with E-state index in [9.17, 15) is 9.18 Å². The number of ether oxygens (including phenoxy) is 1. The Kier molecular flexibility index (Phi) is 6.67. The van der Waals surface area contributed by atoms with E-state index in [-0.39, 0.29) is 11.7 Å². The second-order valence-electron chi connectivity index (χ2n) is 7.26. The molecule has 0 N–H and O–H groups in total. The summed E-state index contributed by atoms with van der Waals surface area (Å²) >= 11 is 7.38. The lowest BCUT2D eigenvalue weighted by Crippen LogP contribution is -2.48. The van der Waals surface area contributed by atoms with E-state index >= 15 is 0 Å². The molecule has 30 heavy (non-hydrogen) atoms. The van der Waals surface area contributed by atoms with Crippen molar-refractivity contribution in [3.05, 3.63) is 86.8 Å². The molecular weight excluding hydrogens is 423 g/mol. The first-order chi connectivity index (χ1) is 14.6. The molecule has 3 aromatic rings. The summed E-state index contributed by atoms with van der Waals surface area (Å²) in [6, 6.07) is 15.7. The lowest BCUT2D eigenvalue weighted by molar-refractivity contribution is 0.0633. The molecule has 1 saturated heterocycles. The van der Waals surface area contributed by atoms with Gasteiger partial charge in [0.25, 0.3) is 5.91 Å². The molecule has 2 aromatic carbocycles. The molecule has 0 radical (unpaired) electrons. The number of rotatable bonds is 6. The van der Waals surface area contributed by atoms with Gasteiger partial charge < -0.3 is 9.64 Å². The maximum Gasteiger partial charge on any atom is 0.264 e. The third kappa shape index (κ3) is 5.39. The van der Waals surface area contributed by atoms with E-state index < -0.39 is 0 Å². The van der Waals surface area contributed by atoms with Crippen molar-refractivity contribution in [2.75, 3.05) is 26.2 Å². The fourth-order valence-electron chi connectivity index (χ4n) is 3.37. The van der Waals surface area contributed by atoms with Gasteiger partial charge in [-0.15, -0.1) is 11.3 Å². The van der Waals surface area contributed by atoms with Crippen LogP contribution in [0.1, 0.15) is 20.8 Å². The summed E-state index contributed by atoms with van der Waals surface area (Å²) in [7, 11) is 0. The van der Waals surface area contributed by atoms with Crippen molar-refractivity contribution in [1.29, 1.82) is 0 Å². The third-order valence-electron chi connectivity index (χ3n) is 5.06. The number of hydrogen-bond acceptors (Lipinski definition) is 4. The van der Waals surface area contributed by atoms with Crippen LogP contribution in [-0.2, 0) is 13.2 Å². The van der Waals surface area contributed by atoms with E-state index in [2.05, 4.69) is 4.90 Å². The van der Waals surface area contributed by atoms with Gasteiger partial charge in [-0.2, -0.15) is 0 Å². The lowest BCUT2D eigenvalue weighted by Gasteiger charge is -2.34. The molecule has 0 aliphatic carbocycles. The maximum atomic E-state index is 13.0. The van der Waals surface area contributed by atoms with Crippen molar-refractivity contribution < 1.29 is 13.9 Å². The number of amides is 1. The minimum absolute atomic E-state index is 0.0687. The van der Waals surface area contributed by atoms with Gasteiger partial charge in [0.2, 0.25) is 0 Å². The van der Waals surface area contributed by atoms with Crippen molar-refractivity contribution >= 4 is 28.8 Å². The first kappa shape index (κ1) is 20.8. The van der Waals surface area contributed by atoms with E-state index in [0.29, 0.717) is 25.4 Å². The Hall–Kier alpha value is -2.41. The van der Waals surface area contributed by atoms with E-state index in [1.54, 1.807) is 12.1 Å². The van der Waals surface area contributed by atoms with Crippen LogP contribution in [0.5, 0.6) is 5.75 Å². The number of hydrogen-bond donors (Lipinski definition) is 0. The third-order valence-corrected chi connectivity index (χ3v) is 6.28. The van der Waals surface area contributed by atoms with E-state index in [1.807, 2.05) is 40.6 Å². The fraction of sp³-hybridized carbons (Fsp3) is 0.261. The zero-order chi connectivity index (χ0) is 20.9. The van der Waals surface area contributed by atoms with Gasteiger partial charge in [0.15, 0.2) is 0 Å². The highest BCUT2D eigenvalue weighted by molar-refractivity contribution is 7.12. The summed E-state index contributed by atoms with van der Waals surface area (Å²) in [6.45, 7) is 4.34. The summed E-state index contributed by atoms with van der Waals surface area (Å²) < 4.78 is 18.6. The Bertz CT molecular complexity index is 983. The molecule has 4 nitrogen and oxygen atoms in total. The van der Waals surface area contributed by atoms with Crippen molar-refractivity contribution in [2.45, 2.75) is 13.2 Å². The van der Waals surface area contributed by atoms with Crippen LogP contribution in [0.4, 0.5) is 4.39 Å². The van der Waals surface area contributed by atoms with Gasteiger partial charge in [0, 0.05) is 43.3 Å². The number of carbonyl (C=O) groups is 1. The molecule has 0 saturated carbocycles. The van der Waals surface area contributed by atoms with Gasteiger partial charge in [-0.05, 0) is 53.4 Å². The molecular formula is C23H22ClFN2O2S. The molecule has 1 amide bonds. The SMILES string of the molecule is O=C(c1cc(COc2ccc(F)cc2)cs1)N1CCN(Cc2ccc(Cl)cc2)CC1. The van der Waals surface area contributed by atoms with E-state index in [0.717, 1.165) is 35.1 Å². The Morgan fingerprint density at radius 1 is 1.00 bits per heavy atom. The first-order valence-corrected chi connectivity index (χ1v) is 11.0. The van der Waals surface area contributed by atoms with Gasteiger partial charge in [0.1, 0.15) is 18.2 Å². The maximum absolute atomic E-state index is 13.0. The smallest absolute Gasteiger partial charge is 0.264 e. The van der Waals surface area contributed by atoms with Crippen LogP contribution in [0, 0.1) is 5.82 Å². The van der Waals surface area contributed by atoms with E-state index in [1.165, 1.54) is 29.0 Å². The normalized spacial score (nSPS) is 14.7. The Morgan fingerprint density at radius 2 is 1.70 bits per heavy atom. The average Bonchev–Trinajstić information content (AvgIpc) is 3.24. The molecule has 1 aliphatic rings. The molecule has 0 bridgehead atoms. The predicted molar refractivity (Wildman–Crippen MR) is 118 cm³/mol. The van der Waals surface area contributed by atoms with Crippen molar-refractivity contribution in [3.8, 4) is 5.75 Å². The number of halogens is 2. The number of thiophene rings is 1. The van der Waals surface area contributed by atoms with Gasteiger partial charge in [-0.25, -0.2) is 4.39 Å². The number of nitrogens with zero attached hydrogens (tertiary/aromatic N) is 2. The number of piperazine rings is 1. The zero-order valence-electron chi connectivity index (χ0n) is 16.4. The minimum atomic E-state index is -0.293. The summed E-state index contributed by atoms with van der Waals surface area (Å²) in [4.78, 5) is 17.8. The zero-order valence-corrected chi connectivity index (χ0v) is 18.0. The fourth-order valence-corrected chi connectivity index (χ4v) is 4.36. The standard InChI is InChI=1S/C23H22ClFN2O2S/c24-19-3-1-17(2-4-19)14-26-9-11-27(12-10-26)23(28)22-13-18(16-30-22)15-29-21-7-5-20(25)6-8-21/h1-8,13,16H,9-12,14-15H2. The monoisotopic (exact) mass is 444 g/mol. The second-order valence-corrected chi connectivity index (χ2v) is 8.60. The van der Waals surface area contributed by atoms with Crippen molar-refractivity contribution in [3.63, 3.8) is 0 Å². The highest BCUT2D eigenvalue weighted by Crippen LogP contribution is 2.21. The summed E-state index contributed by atoms with van der Waals surface area (Å²) in [5.41, 5.74) is 2.16. The molecule has 0 spiro atoms. The topological polar surface area (TPSA) is 32.8 Å². The quantitative estimate of drug-likeness (QED) is 0.531. The van der Waals surface area contributed by atoms with Crippen molar-refractivity contribution in [2.24, 2.45) is 0 Å². The molecule has 4 rings (SSSR count). The van der Waals surface area contributed by atoms with Crippen LogP contribution >= 0.6 is 22.9 Å². The minimum Gasteiger partial charge on any atom is -0.489 e. The second kappa shape index (κ2) is 9.60. The first-order valence-electron chi connectivity index (χ1n) is 9.79. The number of carbonyl (C=O) groups excluding carboxylic acids is 1. The van der Waals surface area contributed by atoms with Gasteiger partial charge in [-0.3, -0.25) is 9.69 Å².